The van der Waals surface area contributed by atoms with Gasteiger partial charge < -0.3 is 19.2 Å². The summed E-state index contributed by atoms with van der Waals surface area (Å²) in [6, 6.07) is 17.9. The van der Waals surface area contributed by atoms with Crippen LogP contribution >= 0.6 is 0 Å². The third-order valence-corrected chi connectivity index (χ3v) is 7.50. The first-order valence-electron chi connectivity index (χ1n) is 12.5. The van der Waals surface area contributed by atoms with E-state index in [-0.39, 0.29) is 24.2 Å². The van der Waals surface area contributed by atoms with E-state index in [0.29, 0.717) is 37.3 Å². The number of carbonyl (C=O) groups excluding carboxylic acids is 2. The molecule has 3 fully saturated rings. The van der Waals surface area contributed by atoms with Crippen LogP contribution in [0, 0.1) is 5.92 Å². The average molecular weight is 472 g/mol. The molecule has 2 amide bonds. The van der Waals surface area contributed by atoms with E-state index in [0.717, 1.165) is 37.2 Å². The first-order chi connectivity index (χ1) is 17.2. The second-order valence-corrected chi connectivity index (χ2v) is 9.69. The summed E-state index contributed by atoms with van der Waals surface area (Å²) in [5, 5.41) is 4.15. The van der Waals surface area contributed by atoms with Crippen LogP contribution in [0.2, 0.25) is 0 Å². The van der Waals surface area contributed by atoms with Crippen molar-refractivity contribution in [1.29, 1.82) is 0 Å². The largest absolute Gasteiger partial charge is 0.368 e. The summed E-state index contributed by atoms with van der Waals surface area (Å²) in [5.41, 5.74) is 2.77. The maximum Gasteiger partial charge on any atom is 0.230 e. The van der Waals surface area contributed by atoms with Gasteiger partial charge in [0.15, 0.2) is 0 Å². The lowest BCUT2D eigenvalue weighted by molar-refractivity contribution is -0.136. The molecule has 8 nitrogen and oxygen atoms in total. The quantitative estimate of drug-likeness (QED) is 0.564. The summed E-state index contributed by atoms with van der Waals surface area (Å²) in [5.74, 6) is 1.36. The minimum atomic E-state index is -0.315. The van der Waals surface area contributed by atoms with Gasteiger partial charge in [-0.25, -0.2) is 0 Å². The van der Waals surface area contributed by atoms with Crippen LogP contribution in [0.5, 0.6) is 0 Å². The van der Waals surface area contributed by atoms with E-state index in [1.165, 1.54) is 12.1 Å². The van der Waals surface area contributed by atoms with Crippen molar-refractivity contribution in [2.45, 2.75) is 31.6 Å². The van der Waals surface area contributed by atoms with Crippen LogP contribution in [0.15, 0.2) is 59.1 Å². The zero-order valence-electron chi connectivity index (χ0n) is 19.7. The van der Waals surface area contributed by atoms with Crippen molar-refractivity contribution in [1.82, 2.24) is 15.0 Å². The first-order valence-corrected chi connectivity index (χ1v) is 12.5. The van der Waals surface area contributed by atoms with E-state index in [9.17, 15) is 9.59 Å². The van der Waals surface area contributed by atoms with E-state index in [4.69, 9.17) is 4.52 Å². The number of nitrogens with zero attached hydrogens (tertiary/aromatic N) is 5. The van der Waals surface area contributed by atoms with Gasteiger partial charge in [-0.05, 0) is 37.1 Å². The minimum Gasteiger partial charge on any atom is -0.368 e. The minimum absolute atomic E-state index is 0.0216. The van der Waals surface area contributed by atoms with Gasteiger partial charge in [0, 0.05) is 62.0 Å². The predicted octanol–water partition coefficient (Wildman–Crippen LogP) is 3.71. The molecule has 3 aromatic rings. The van der Waals surface area contributed by atoms with E-state index in [2.05, 4.69) is 27.2 Å². The molecule has 6 rings (SSSR count). The number of para-hydroxylation sites is 1. The Bertz CT molecular complexity index is 1210. The number of aromatic nitrogens is 2. The number of piperazine rings is 1. The Morgan fingerprint density at radius 3 is 2.46 bits per heavy atom. The van der Waals surface area contributed by atoms with E-state index in [1.54, 1.807) is 4.90 Å². The zero-order chi connectivity index (χ0) is 23.8. The third kappa shape index (κ3) is 4.29. The standard InChI is InChI=1S/C27H29N5O3/c33-24-17-21(27(34)31-14-12-30(13-15-31)22-9-2-1-3-10-22)18-32(24)23-11-5-8-20(16-23)25-28-26(35-29-25)19-6-4-7-19/h1-3,5,8-11,16,19,21H,4,6-7,12-15,17-18H2/t21-/m0/s1. The molecule has 2 aliphatic heterocycles. The highest BCUT2D eigenvalue weighted by Crippen LogP contribution is 2.36. The van der Waals surface area contributed by atoms with Crippen molar-refractivity contribution >= 4 is 23.2 Å². The topological polar surface area (TPSA) is 82.8 Å². The molecule has 1 aromatic heterocycles. The second-order valence-electron chi connectivity index (χ2n) is 9.69. The number of hydrogen-bond donors (Lipinski definition) is 0. The van der Waals surface area contributed by atoms with Gasteiger partial charge in [-0.3, -0.25) is 9.59 Å². The molecular weight excluding hydrogens is 442 g/mol. The molecule has 8 heteroatoms. The van der Waals surface area contributed by atoms with Gasteiger partial charge in [0.1, 0.15) is 0 Å². The number of benzene rings is 2. The van der Waals surface area contributed by atoms with Crippen LogP contribution in [0.3, 0.4) is 0 Å². The first kappa shape index (κ1) is 21.8. The van der Waals surface area contributed by atoms with Gasteiger partial charge in [0.2, 0.25) is 23.5 Å². The van der Waals surface area contributed by atoms with Crippen molar-refractivity contribution in [3.63, 3.8) is 0 Å². The van der Waals surface area contributed by atoms with Crippen molar-refractivity contribution < 1.29 is 14.1 Å². The fraction of sp³-hybridized carbons (Fsp3) is 0.407. The molecule has 0 spiro atoms. The smallest absolute Gasteiger partial charge is 0.230 e. The maximum atomic E-state index is 13.3. The van der Waals surface area contributed by atoms with Crippen LogP contribution in [-0.2, 0) is 9.59 Å². The molecule has 180 valence electrons. The highest BCUT2D eigenvalue weighted by atomic mass is 16.5. The third-order valence-electron chi connectivity index (χ3n) is 7.50. The molecule has 3 aliphatic rings. The number of amides is 2. The van der Waals surface area contributed by atoms with Crippen molar-refractivity contribution in [3.8, 4) is 11.4 Å². The van der Waals surface area contributed by atoms with Gasteiger partial charge in [0.05, 0.1) is 5.92 Å². The fourth-order valence-electron chi connectivity index (χ4n) is 5.19. The normalized spacial score (nSPS) is 20.9. The van der Waals surface area contributed by atoms with Gasteiger partial charge in [-0.1, -0.05) is 41.9 Å². The fourth-order valence-corrected chi connectivity index (χ4v) is 5.19. The Balaban J connectivity index is 1.10. The average Bonchev–Trinajstić information content (AvgIpc) is 3.50. The van der Waals surface area contributed by atoms with Crippen molar-refractivity contribution in [3.05, 3.63) is 60.5 Å². The number of hydrogen-bond acceptors (Lipinski definition) is 6. The molecule has 1 aliphatic carbocycles. The van der Waals surface area contributed by atoms with Gasteiger partial charge in [-0.15, -0.1) is 0 Å². The Morgan fingerprint density at radius 2 is 1.71 bits per heavy atom. The van der Waals surface area contributed by atoms with E-state index in [1.807, 2.05) is 47.4 Å². The van der Waals surface area contributed by atoms with Crippen LogP contribution < -0.4 is 9.80 Å². The summed E-state index contributed by atoms with van der Waals surface area (Å²) in [6.07, 6.45) is 3.65. The van der Waals surface area contributed by atoms with Gasteiger partial charge >= 0.3 is 0 Å². The molecule has 1 atom stereocenters. The van der Waals surface area contributed by atoms with Gasteiger partial charge in [0.25, 0.3) is 0 Å². The molecule has 0 radical (unpaired) electrons. The Morgan fingerprint density at radius 1 is 0.943 bits per heavy atom. The summed E-state index contributed by atoms with van der Waals surface area (Å²) < 4.78 is 5.47. The maximum absolute atomic E-state index is 13.3. The van der Waals surface area contributed by atoms with Crippen LogP contribution in [0.1, 0.15) is 37.5 Å². The van der Waals surface area contributed by atoms with Crippen LogP contribution in [-0.4, -0.2) is 59.6 Å². The molecule has 35 heavy (non-hydrogen) atoms. The molecule has 2 aromatic carbocycles. The Labute approximate surface area is 204 Å². The predicted molar refractivity (Wildman–Crippen MR) is 132 cm³/mol. The lowest BCUT2D eigenvalue weighted by Gasteiger charge is -2.37. The SMILES string of the molecule is O=C([C@H]1CC(=O)N(c2cccc(-c3noc(C4CCC4)n3)c2)C1)N1CCN(c2ccccc2)CC1. The highest BCUT2D eigenvalue weighted by Gasteiger charge is 2.38. The summed E-state index contributed by atoms with van der Waals surface area (Å²) in [7, 11) is 0. The van der Waals surface area contributed by atoms with Crippen LogP contribution in [0.4, 0.5) is 11.4 Å². The lowest BCUT2D eigenvalue weighted by atomic mass is 9.85. The Hall–Kier alpha value is -3.68. The molecule has 3 heterocycles. The van der Waals surface area contributed by atoms with E-state index >= 15 is 0 Å². The molecule has 0 bridgehead atoms. The van der Waals surface area contributed by atoms with Crippen LogP contribution in [0.25, 0.3) is 11.4 Å². The number of carbonyl (C=O) groups is 2. The molecule has 0 unspecified atom stereocenters. The summed E-state index contributed by atoms with van der Waals surface area (Å²) in [4.78, 5) is 36.7. The lowest BCUT2D eigenvalue weighted by Crippen LogP contribution is -2.50. The molecule has 1 saturated carbocycles. The summed E-state index contributed by atoms with van der Waals surface area (Å²) in [6.45, 7) is 3.36. The van der Waals surface area contributed by atoms with Crippen molar-refractivity contribution in [2.75, 3.05) is 42.5 Å². The number of anilines is 2. The van der Waals surface area contributed by atoms with Gasteiger partial charge in [-0.2, -0.15) is 4.98 Å². The molecular formula is C27H29N5O3. The monoisotopic (exact) mass is 471 g/mol. The Kier molecular flexibility index (Phi) is 5.72. The van der Waals surface area contributed by atoms with Crippen molar-refractivity contribution in [2.24, 2.45) is 5.92 Å². The highest BCUT2D eigenvalue weighted by molar-refractivity contribution is 6.00. The zero-order valence-corrected chi connectivity index (χ0v) is 19.7. The number of rotatable bonds is 5. The molecule has 0 N–H and O–H groups in total. The molecule has 2 saturated heterocycles. The second kappa shape index (κ2) is 9.17. The van der Waals surface area contributed by atoms with E-state index < -0.39 is 0 Å². The summed E-state index contributed by atoms with van der Waals surface area (Å²) >= 11 is 0.